The Bertz CT molecular complexity index is 2590. The van der Waals surface area contributed by atoms with Gasteiger partial charge in [0.25, 0.3) is 0 Å². The highest BCUT2D eigenvalue weighted by atomic mass is 16.4. The van der Waals surface area contributed by atoms with Crippen LogP contribution in [0, 0.1) is 0 Å². The number of carboxylic acids is 8. The fourth-order valence-corrected chi connectivity index (χ4v) is 7.53. The Balaban J connectivity index is 2.09. The average Bonchev–Trinajstić information content (AvgIpc) is 3.81. The summed E-state index contributed by atoms with van der Waals surface area (Å²) in [6.45, 7) is 0. The molecule has 0 fully saturated rings. The zero-order valence-electron chi connectivity index (χ0n) is 31.6. The molecule has 0 saturated carbocycles. The second-order valence-corrected chi connectivity index (χ2v) is 14.1. The highest BCUT2D eigenvalue weighted by Crippen LogP contribution is 2.38. The molecule has 12 N–H and O–H groups in total. The minimum Gasteiger partial charge on any atom is -0.481 e. The van der Waals surface area contributed by atoms with E-state index in [0.29, 0.717) is 0 Å². The van der Waals surface area contributed by atoms with E-state index in [0.717, 1.165) is 0 Å². The Labute approximate surface area is 337 Å². The number of nitrogens with one attached hydrogen (secondary N) is 4. The van der Waals surface area contributed by atoms with E-state index in [1.165, 1.54) is 24.3 Å². The van der Waals surface area contributed by atoms with E-state index in [1.807, 2.05) is 0 Å². The molecule has 20 heteroatoms. The highest BCUT2D eigenvalue weighted by Gasteiger charge is 2.34. The maximum absolute atomic E-state index is 12.3. The monoisotopic (exact) mass is 832 g/mol. The first-order valence-electron chi connectivity index (χ1n) is 18.4. The van der Waals surface area contributed by atoms with E-state index in [1.54, 1.807) is 0 Å². The van der Waals surface area contributed by atoms with E-state index < -0.39 is 99.1 Å². The number of carboxylic acid groups (broad SMARTS) is 8. The van der Waals surface area contributed by atoms with Crippen molar-refractivity contribution in [1.82, 2.24) is 9.97 Å². The van der Waals surface area contributed by atoms with Gasteiger partial charge in [0.05, 0.1) is 31.7 Å². The second kappa shape index (κ2) is 18.3. The van der Waals surface area contributed by atoms with Gasteiger partial charge in [-0.2, -0.15) is 0 Å². The van der Waals surface area contributed by atoms with Crippen LogP contribution in [-0.2, 0) is 64.0 Å². The standard InChI is InChI=1S/C40H38N4O16/c45-33(46)5-1-17-21(9-37(53)54)29-14-26-19(3-7-35(49)50)23(11-39(57)58)31(43-26)16-28-20(4-8-36(51)52)24(12-40(59)60)32(44-28)15-27-18(2-6-34(47)48)22(10-38(55)56)30(42-27)13-25(17)41-29/h13-16,41-42H,1-12H2,(H,45,46)(H,47,48)(H,49,50)(H,51,52)(H,53,54)(H,55,56)(H,57,58)(H,59,60)/p+2. The van der Waals surface area contributed by atoms with Crippen molar-refractivity contribution < 1.29 is 89.2 Å². The summed E-state index contributed by atoms with van der Waals surface area (Å²) in [5.74, 6) is -10.2. The van der Waals surface area contributed by atoms with Crippen LogP contribution in [0.2, 0.25) is 0 Å². The Morgan fingerprint density at radius 1 is 0.350 bits per heavy atom. The zero-order chi connectivity index (χ0) is 44.0. The van der Waals surface area contributed by atoms with Crippen molar-refractivity contribution in [1.29, 1.82) is 0 Å². The fourth-order valence-electron chi connectivity index (χ4n) is 7.53. The third-order valence-corrected chi connectivity index (χ3v) is 9.96. The smallest absolute Gasteiger partial charge is 0.308 e. The van der Waals surface area contributed by atoms with Crippen LogP contribution in [0.3, 0.4) is 0 Å². The minimum absolute atomic E-state index is 0.0969. The quantitative estimate of drug-likeness (QED) is 0.0782. The van der Waals surface area contributed by atoms with Crippen LogP contribution in [0.1, 0.15) is 96.4 Å². The largest absolute Gasteiger partial charge is 0.481 e. The molecule has 0 saturated heterocycles. The van der Waals surface area contributed by atoms with E-state index in [4.69, 9.17) is 0 Å². The average molecular weight is 833 g/mol. The molecule has 60 heavy (non-hydrogen) atoms. The summed E-state index contributed by atoms with van der Waals surface area (Å²) in [5, 5.41) is 78.7. The third-order valence-electron chi connectivity index (χ3n) is 9.96. The lowest BCUT2D eigenvalue weighted by molar-refractivity contribution is -0.389. The summed E-state index contributed by atoms with van der Waals surface area (Å²) in [4.78, 5) is 109. The number of aryl methyl sites for hydroxylation is 2. The Morgan fingerprint density at radius 2 is 0.650 bits per heavy atom. The summed E-state index contributed by atoms with van der Waals surface area (Å²) >= 11 is 0. The third kappa shape index (κ3) is 10.4. The van der Waals surface area contributed by atoms with Gasteiger partial charge in [-0.3, -0.25) is 38.4 Å². The Hall–Kier alpha value is -7.64. The van der Waals surface area contributed by atoms with Crippen LogP contribution in [0.25, 0.3) is 44.4 Å². The summed E-state index contributed by atoms with van der Waals surface area (Å²) in [7, 11) is 0. The SMILES string of the molecule is O=C(O)CCC1=C(CC(=O)O)c2cc3[nH+]c(cc4[nH]c(cc5[nH]c(cc1[nH+]2)c(CC(=O)O)c5CCC(=O)O)c(CC(=O)O)c4CCC(=O)O)C(CC(=O)O)=C3CCC(=O)O. The molecule has 2 aliphatic rings. The normalized spacial score (nSPS) is 12.4. The number of hydrogen-bond donors (Lipinski definition) is 10. The lowest BCUT2D eigenvalue weighted by Gasteiger charge is -2.03. The van der Waals surface area contributed by atoms with E-state index in [-0.39, 0.29) is 115 Å². The first-order valence-corrected chi connectivity index (χ1v) is 18.4. The van der Waals surface area contributed by atoms with E-state index in [9.17, 15) is 79.2 Å². The van der Waals surface area contributed by atoms with E-state index in [2.05, 4.69) is 19.9 Å². The molecule has 5 heterocycles. The number of carbonyl (C=O) groups is 8. The van der Waals surface area contributed by atoms with Crippen molar-refractivity contribution in [2.24, 2.45) is 0 Å². The van der Waals surface area contributed by atoms with Crippen molar-refractivity contribution in [2.45, 2.75) is 77.0 Å². The zero-order valence-corrected chi connectivity index (χ0v) is 31.6. The molecule has 8 bridgehead atoms. The summed E-state index contributed by atoms with van der Waals surface area (Å²) in [6.07, 6.45) is -5.41. The maximum Gasteiger partial charge on any atom is 0.308 e. The molecule has 3 aromatic heterocycles. The van der Waals surface area contributed by atoms with Crippen molar-refractivity contribution in [3.8, 4) is 0 Å². The number of aromatic amines is 4. The van der Waals surface area contributed by atoms with Crippen LogP contribution in [-0.4, -0.2) is 98.6 Å². The topological polar surface area (TPSA) is 358 Å². The Kier molecular flexibility index (Phi) is 13.3. The van der Waals surface area contributed by atoms with Gasteiger partial charge in [-0.25, -0.2) is 9.97 Å². The number of allylic oxidation sites excluding steroid dienone is 2. The molecule has 0 radical (unpaired) electrons. The molecule has 0 aliphatic carbocycles. The van der Waals surface area contributed by atoms with Gasteiger partial charge in [0.2, 0.25) is 22.8 Å². The van der Waals surface area contributed by atoms with Crippen molar-refractivity contribution in [3.63, 3.8) is 0 Å². The molecule has 0 atom stereocenters. The summed E-state index contributed by atoms with van der Waals surface area (Å²) in [6, 6.07) is 5.66. The molecule has 20 nitrogen and oxygen atoms in total. The summed E-state index contributed by atoms with van der Waals surface area (Å²) < 4.78 is 0. The number of aromatic nitrogens is 4. The molecular weight excluding hydrogens is 792 g/mol. The van der Waals surface area contributed by atoms with Crippen molar-refractivity contribution in [2.75, 3.05) is 0 Å². The van der Waals surface area contributed by atoms with E-state index >= 15 is 0 Å². The molecule has 0 amide bonds. The predicted octanol–water partition coefficient (Wildman–Crippen LogP) is 2.94. The lowest BCUT2D eigenvalue weighted by atomic mass is 9.95. The number of fused-ring (bicyclic) bond motifs is 8. The summed E-state index contributed by atoms with van der Waals surface area (Å²) in [5.41, 5.74) is 2.19. The molecule has 0 spiro atoms. The van der Waals surface area contributed by atoms with Gasteiger partial charge in [0, 0.05) is 82.2 Å². The second-order valence-electron chi connectivity index (χ2n) is 14.1. The number of H-pyrrole nitrogens is 4. The van der Waals surface area contributed by atoms with Crippen molar-refractivity contribution >= 4 is 92.1 Å². The van der Waals surface area contributed by atoms with Crippen LogP contribution >= 0.6 is 0 Å². The molecule has 3 aromatic rings. The van der Waals surface area contributed by atoms with Crippen LogP contribution in [0.15, 0.2) is 24.3 Å². The van der Waals surface area contributed by atoms with Crippen molar-refractivity contribution in [3.05, 3.63) is 69.3 Å². The Morgan fingerprint density at radius 3 is 1.03 bits per heavy atom. The van der Waals surface area contributed by atoms with Crippen LogP contribution in [0.4, 0.5) is 0 Å². The first kappa shape index (κ1) is 43.5. The molecule has 2 aliphatic heterocycles. The van der Waals surface area contributed by atoms with Gasteiger partial charge < -0.3 is 50.8 Å². The minimum atomic E-state index is -1.32. The van der Waals surface area contributed by atoms with Crippen LogP contribution < -0.4 is 9.97 Å². The van der Waals surface area contributed by atoms with Gasteiger partial charge >= 0.3 is 47.8 Å². The molecule has 314 valence electrons. The molecule has 5 rings (SSSR count). The van der Waals surface area contributed by atoms with Gasteiger partial charge in [0.1, 0.15) is 0 Å². The van der Waals surface area contributed by atoms with Gasteiger partial charge in [0.15, 0.2) is 0 Å². The number of aliphatic carboxylic acids is 8. The lowest BCUT2D eigenvalue weighted by Crippen LogP contribution is -2.12. The number of hydrogen-bond acceptors (Lipinski definition) is 8. The maximum atomic E-state index is 12.3. The molecule has 0 unspecified atom stereocenters. The highest BCUT2D eigenvalue weighted by molar-refractivity contribution is 6.00. The fraction of sp³-hybridized carbons (Fsp3) is 0.300. The first-order chi connectivity index (χ1) is 28.3. The molecular formula is C40H40N4O16+2. The van der Waals surface area contributed by atoms with Crippen LogP contribution in [0.5, 0.6) is 0 Å². The molecule has 0 aromatic carbocycles. The van der Waals surface area contributed by atoms with Gasteiger partial charge in [-0.05, 0) is 54.0 Å². The van der Waals surface area contributed by atoms with Gasteiger partial charge in [-0.1, -0.05) is 0 Å². The predicted molar refractivity (Wildman–Crippen MR) is 205 cm³/mol. The van der Waals surface area contributed by atoms with Gasteiger partial charge in [-0.15, -0.1) is 0 Å². The number of rotatable bonds is 20.